The molecule has 0 aliphatic carbocycles. The van der Waals surface area contributed by atoms with Gasteiger partial charge in [0.05, 0.1) is 0 Å². The number of rotatable bonds is 20. The Kier molecular flexibility index (Phi) is 22.7. The minimum absolute atomic E-state index is 1.29. The monoisotopic (exact) mass is 342 g/mol. The van der Waals surface area contributed by atoms with Gasteiger partial charge in [0.1, 0.15) is 0 Å². The topological polar surface area (TPSA) is 0 Å². The van der Waals surface area contributed by atoms with E-state index in [4.69, 9.17) is 0 Å². The van der Waals surface area contributed by atoms with Crippen LogP contribution in [0.25, 0.3) is 0 Å². The van der Waals surface area contributed by atoms with Gasteiger partial charge in [-0.05, 0) is 17.9 Å². The van der Waals surface area contributed by atoms with Crippen molar-refractivity contribution in [2.45, 2.75) is 129 Å². The Balaban J connectivity index is 2.92. The fourth-order valence-corrected chi connectivity index (χ4v) is 3.95. The van der Waals surface area contributed by atoms with Gasteiger partial charge >= 0.3 is 0 Å². The van der Waals surface area contributed by atoms with Gasteiger partial charge in [0.25, 0.3) is 0 Å². The molecule has 0 aromatic heterocycles. The molecular weight excluding hydrogens is 296 g/mol. The second kappa shape index (κ2) is 22.4. The first-order valence-corrected chi connectivity index (χ1v) is 12.1. The van der Waals surface area contributed by atoms with Crippen molar-refractivity contribution in [2.75, 3.05) is 11.5 Å². The highest BCUT2D eigenvalue weighted by Crippen LogP contribution is 2.14. The normalized spacial score (nSPS) is 11.2. The van der Waals surface area contributed by atoms with Crippen LogP contribution in [-0.4, -0.2) is 11.5 Å². The molecule has 0 fully saturated rings. The molecule has 0 unspecified atom stereocenters. The average Bonchev–Trinajstić information content (AvgIpc) is 2.57. The van der Waals surface area contributed by atoms with E-state index in [1.54, 1.807) is 0 Å². The van der Waals surface area contributed by atoms with Gasteiger partial charge in [-0.15, -0.1) is 0 Å². The number of unbranched alkanes of at least 4 members (excludes halogenated alkanes) is 17. The summed E-state index contributed by atoms with van der Waals surface area (Å²) in [6.45, 7) is 4.56. The maximum atomic E-state index is 2.30. The average molecular weight is 343 g/mol. The standard InChI is InChI=1S/C22H46S/c1-3-5-6-7-8-9-10-11-12-13-14-15-16-17-18-19-20-21-22-23-4-2/h3-22H2,1-2H3. The zero-order valence-corrected chi connectivity index (χ0v) is 17.4. The molecule has 23 heavy (non-hydrogen) atoms. The van der Waals surface area contributed by atoms with Crippen molar-refractivity contribution in [2.24, 2.45) is 0 Å². The Morgan fingerprint density at radius 3 is 1.00 bits per heavy atom. The Hall–Kier alpha value is 0.350. The van der Waals surface area contributed by atoms with E-state index in [-0.39, 0.29) is 0 Å². The molecule has 0 aliphatic heterocycles. The molecule has 140 valence electrons. The molecule has 0 aromatic rings. The molecule has 0 atom stereocenters. The molecule has 1 heteroatoms. The van der Waals surface area contributed by atoms with Crippen molar-refractivity contribution in [3.05, 3.63) is 0 Å². The Morgan fingerprint density at radius 1 is 0.391 bits per heavy atom. The molecule has 0 nitrogen and oxygen atoms in total. The van der Waals surface area contributed by atoms with Crippen molar-refractivity contribution < 1.29 is 0 Å². The molecule has 0 aromatic carbocycles. The Labute approximate surface area is 153 Å². The maximum Gasteiger partial charge on any atom is -0.00676 e. The lowest BCUT2D eigenvalue weighted by Crippen LogP contribution is -1.85. The lowest BCUT2D eigenvalue weighted by atomic mass is 10.0. The summed E-state index contributed by atoms with van der Waals surface area (Å²) in [6.07, 6.45) is 26.5. The number of thioether (sulfide) groups is 1. The van der Waals surface area contributed by atoms with Crippen molar-refractivity contribution in [1.29, 1.82) is 0 Å². The van der Waals surface area contributed by atoms with Gasteiger partial charge < -0.3 is 0 Å². The molecule has 0 saturated carbocycles. The number of hydrogen-bond acceptors (Lipinski definition) is 1. The first-order chi connectivity index (χ1) is 11.4. The highest BCUT2D eigenvalue weighted by molar-refractivity contribution is 7.99. The van der Waals surface area contributed by atoms with Crippen LogP contribution >= 0.6 is 11.8 Å². The predicted molar refractivity (Wildman–Crippen MR) is 112 cm³/mol. The SMILES string of the molecule is CCCCCCCCCCCCCCCCCCCCSCC. The van der Waals surface area contributed by atoms with Gasteiger partial charge in [0.15, 0.2) is 0 Å². The van der Waals surface area contributed by atoms with Crippen LogP contribution in [0, 0.1) is 0 Å². The Bertz CT molecular complexity index is 170. The second-order valence-corrected chi connectivity index (χ2v) is 8.60. The van der Waals surface area contributed by atoms with Crippen LogP contribution in [0.4, 0.5) is 0 Å². The fraction of sp³-hybridized carbons (Fsp3) is 1.00. The van der Waals surface area contributed by atoms with E-state index in [1.807, 2.05) is 0 Å². The zero-order chi connectivity index (χ0) is 16.8. The Morgan fingerprint density at radius 2 is 0.696 bits per heavy atom. The van der Waals surface area contributed by atoms with Crippen molar-refractivity contribution in [1.82, 2.24) is 0 Å². The van der Waals surface area contributed by atoms with E-state index in [2.05, 4.69) is 25.6 Å². The second-order valence-electron chi connectivity index (χ2n) is 7.21. The van der Waals surface area contributed by atoms with Crippen molar-refractivity contribution in [3.63, 3.8) is 0 Å². The van der Waals surface area contributed by atoms with Crippen LogP contribution in [0.3, 0.4) is 0 Å². The molecule has 0 aliphatic rings. The molecule has 0 radical (unpaired) electrons. The van der Waals surface area contributed by atoms with E-state index >= 15 is 0 Å². The van der Waals surface area contributed by atoms with Crippen LogP contribution in [0.1, 0.15) is 129 Å². The van der Waals surface area contributed by atoms with E-state index in [1.165, 1.54) is 127 Å². The van der Waals surface area contributed by atoms with Gasteiger partial charge in [0, 0.05) is 0 Å². The maximum absolute atomic E-state index is 2.30. The largest absolute Gasteiger partial charge is 0.162 e. The summed E-state index contributed by atoms with van der Waals surface area (Å²) >= 11 is 2.10. The summed E-state index contributed by atoms with van der Waals surface area (Å²) in [5, 5.41) is 0. The third-order valence-electron chi connectivity index (χ3n) is 4.85. The van der Waals surface area contributed by atoms with Crippen LogP contribution in [0.5, 0.6) is 0 Å². The molecular formula is C22H46S. The quantitative estimate of drug-likeness (QED) is 0.199. The van der Waals surface area contributed by atoms with Gasteiger partial charge in [0.2, 0.25) is 0 Å². The van der Waals surface area contributed by atoms with Gasteiger partial charge in [-0.3, -0.25) is 0 Å². The lowest BCUT2D eigenvalue weighted by Gasteiger charge is -2.04. The van der Waals surface area contributed by atoms with Gasteiger partial charge in [-0.25, -0.2) is 0 Å². The predicted octanol–water partition coefficient (Wildman–Crippen LogP) is 8.78. The minimum atomic E-state index is 1.29. The molecule has 0 rings (SSSR count). The van der Waals surface area contributed by atoms with E-state index in [0.29, 0.717) is 0 Å². The molecule has 0 amide bonds. The highest BCUT2D eigenvalue weighted by Gasteiger charge is 1.95. The minimum Gasteiger partial charge on any atom is -0.162 e. The first-order valence-electron chi connectivity index (χ1n) is 11.0. The fourth-order valence-electron chi connectivity index (χ4n) is 3.25. The zero-order valence-electron chi connectivity index (χ0n) is 16.6. The highest BCUT2D eigenvalue weighted by atomic mass is 32.2. The summed E-state index contributed by atoms with van der Waals surface area (Å²) < 4.78 is 0. The first kappa shape index (κ1) is 23.4. The van der Waals surface area contributed by atoms with Crippen molar-refractivity contribution >= 4 is 11.8 Å². The smallest absolute Gasteiger partial charge is 0.00676 e. The summed E-state index contributed by atoms with van der Waals surface area (Å²) in [6, 6.07) is 0. The van der Waals surface area contributed by atoms with E-state index in [9.17, 15) is 0 Å². The van der Waals surface area contributed by atoms with Crippen molar-refractivity contribution in [3.8, 4) is 0 Å². The molecule has 0 saturated heterocycles. The third-order valence-corrected chi connectivity index (χ3v) is 5.83. The third kappa shape index (κ3) is 22.4. The van der Waals surface area contributed by atoms with E-state index in [0.717, 1.165) is 0 Å². The summed E-state index contributed by atoms with van der Waals surface area (Å²) in [5.74, 6) is 2.67. The van der Waals surface area contributed by atoms with Crippen LogP contribution in [-0.2, 0) is 0 Å². The molecule has 0 bridgehead atoms. The molecule has 0 heterocycles. The molecule has 0 N–H and O–H groups in total. The van der Waals surface area contributed by atoms with E-state index < -0.39 is 0 Å². The molecule has 0 spiro atoms. The lowest BCUT2D eigenvalue weighted by molar-refractivity contribution is 0.527. The summed E-state index contributed by atoms with van der Waals surface area (Å²) in [5.41, 5.74) is 0. The van der Waals surface area contributed by atoms with Gasteiger partial charge in [-0.1, -0.05) is 123 Å². The van der Waals surface area contributed by atoms with Crippen LogP contribution in [0.2, 0.25) is 0 Å². The summed E-state index contributed by atoms with van der Waals surface area (Å²) in [4.78, 5) is 0. The number of hydrogen-bond donors (Lipinski definition) is 0. The van der Waals surface area contributed by atoms with Crippen LogP contribution in [0.15, 0.2) is 0 Å². The summed E-state index contributed by atoms with van der Waals surface area (Å²) in [7, 11) is 0. The van der Waals surface area contributed by atoms with Gasteiger partial charge in [-0.2, -0.15) is 11.8 Å². The van der Waals surface area contributed by atoms with Crippen LogP contribution < -0.4 is 0 Å².